The summed E-state index contributed by atoms with van der Waals surface area (Å²) in [5, 5.41) is 9.19. The van der Waals surface area contributed by atoms with Crippen LogP contribution in [0, 0.1) is 0 Å². The number of carbonyl (C=O) groups is 2. The highest BCUT2D eigenvalue weighted by Gasteiger charge is 2.25. The van der Waals surface area contributed by atoms with E-state index in [1.807, 2.05) is 0 Å². The second-order valence-corrected chi connectivity index (χ2v) is 5.22. The minimum absolute atomic E-state index is 0.0157. The van der Waals surface area contributed by atoms with Crippen molar-refractivity contribution in [1.82, 2.24) is 14.8 Å². The fourth-order valence-corrected chi connectivity index (χ4v) is 2.35. The van der Waals surface area contributed by atoms with Gasteiger partial charge in [0.05, 0.1) is 11.6 Å². The summed E-state index contributed by atoms with van der Waals surface area (Å²) in [4.78, 5) is 30.2. The number of piperazine rings is 1. The number of hydrogen-bond acceptors (Lipinski definition) is 4. The van der Waals surface area contributed by atoms with Crippen molar-refractivity contribution < 1.29 is 14.7 Å². The number of nitrogens with zero attached hydrogens (tertiary/aromatic N) is 3. The van der Waals surface area contributed by atoms with Crippen LogP contribution in [0.3, 0.4) is 0 Å². The molecule has 2 heterocycles. The maximum absolute atomic E-state index is 12.3. The molecule has 108 valence electrons. The van der Waals surface area contributed by atoms with Crippen molar-refractivity contribution in [2.45, 2.75) is 0 Å². The van der Waals surface area contributed by atoms with E-state index in [0.29, 0.717) is 26.2 Å². The molecular weight excluding hydrogens is 305 g/mol. The van der Waals surface area contributed by atoms with Gasteiger partial charge in [0.1, 0.15) is 10.8 Å². The first-order valence-corrected chi connectivity index (χ1v) is 6.78. The molecule has 0 unspecified atom stereocenters. The number of aliphatic carboxylic acids is 1. The van der Waals surface area contributed by atoms with Crippen molar-refractivity contribution in [3.05, 3.63) is 28.0 Å². The highest BCUT2D eigenvalue weighted by Crippen LogP contribution is 2.19. The summed E-state index contributed by atoms with van der Waals surface area (Å²) in [5.74, 6) is -1.16. The first kappa shape index (κ1) is 15.0. The summed E-state index contributed by atoms with van der Waals surface area (Å²) in [6, 6.07) is 3.05. The molecule has 1 saturated heterocycles. The zero-order valence-corrected chi connectivity index (χ0v) is 12.1. The second-order valence-electron chi connectivity index (χ2n) is 4.43. The van der Waals surface area contributed by atoms with Gasteiger partial charge in [-0.1, -0.05) is 23.2 Å². The lowest BCUT2D eigenvalue weighted by Gasteiger charge is -2.33. The molecule has 1 amide bonds. The average Bonchev–Trinajstić information content (AvgIpc) is 2.41. The minimum Gasteiger partial charge on any atom is -0.480 e. The number of amides is 1. The summed E-state index contributed by atoms with van der Waals surface area (Å²) in [5.41, 5.74) is 0.130. The van der Waals surface area contributed by atoms with E-state index in [9.17, 15) is 9.59 Å². The fraction of sp³-hybridized carbons (Fsp3) is 0.417. The van der Waals surface area contributed by atoms with Gasteiger partial charge in [0.15, 0.2) is 0 Å². The molecule has 20 heavy (non-hydrogen) atoms. The van der Waals surface area contributed by atoms with E-state index in [2.05, 4.69) is 4.98 Å². The molecule has 0 atom stereocenters. The number of hydrogen-bond donors (Lipinski definition) is 1. The van der Waals surface area contributed by atoms with Crippen LogP contribution in [0.5, 0.6) is 0 Å². The molecule has 2 rings (SSSR count). The lowest BCUT2D eigenvalue weighted by atomic mass is 10.2. The van der Waals surface area contributed by atoms with Crippen LogP contribution in [0.25, 0.3) is 0 Å². The Labute approximate surface area is 125 Å². The maximum Gasteiger partial charge on any atom is 0.317 e. The monoisotopic (exact) mass is 317 g/mol. The van der Waals surface area contributed by atoms with Gasteiger partial charge < -0.3 is 10.0 Å². The molecule has 1 aromatic rings. The molecule has 0 spiro atoms. The van der Waals surface area contributed by atoms with E-state index in [1.54, 1.807) is 9.80 Å². The molecule has 1 fully saturated rings. The third kappa shape index (κ3) is 3.59. The van der Waals surface area contributed by atoms with Crippen molar-refractivity contribution in [3.8, 4) is 0 Å². The molecule has 1 N–H and O–H groups in total. The zero-order valence-electron chi connectivity index (χ0n) is 10.6. The molecular formula is C12H13Cl2N3O3. The Bertz CT molecular complexity index is 531. The number of carboxylic acid groups (broad SMARTS) is 1. The third-order valence-electron chi connectivity index (χ3n) is 3.03. The molecule has 1 aliphatic rings. The number of halogens is 2. The van der Waals surface area contributed by atoms with Crippen LogP contribution in [0.4, 0.5) is 0 Å². The number of rotatable bonds is 3. The highest BCUT2D eigenvalue weighted by molar-refractivity contribution is 6.34. The molecule has 0 saturated carbocycles. The minimum atomic E-state index is -0.871. The first-order chi connectivity index (χ1) is 9.47. The van der Waals surface area contributed by atoms with Gasteiger partial charge >= 0.3 is 5.97 Å². The van der Waals surface area contributed by atoms with Crippen molar-refractivity contribution in [1.29, 1.82) is 0 Å². The van der Waals surface area contributed by atoms with Crippen LogP contribution in [-0.4, -0.2) is 64.5 Å². The van der Waals surface area contributed by atoms with Crippen LogP contribution in [0.1, 0.15) is 10.5 Å². The van der Waals surface area contributed by atoms with Crippen molar-refractivity contribution >= 4 is 35.1 Å². The summed E-state index contributed by atoms with van der Waals surface area (Å²) in [6.45, 7) is 1.89. The van der Waals surface area contributed by atoms with Crippen LogP contribution in [0.15, 0.2) is 12.1 Å². The Balaban J connectivity index is 2.01. The van der Waals surface area contributed by atoms with Crippen molar-refractivity contribution in [2.24, 2.45) is 0 Å². The number of carboxylic acids is 1. The van der Waals surface area contributed by atoms with Gasteiger partial charge in [-0.05, 0) is 12.1 Å². The predicted molar refractivity (Wildman–Crippen MR) is 74.2 cm³/mol. The van der Waals surface area contributed by atoms with Crippen molar-refractivity contribution in [3.63, 3.8) is 0 Å². The largest absolute Gasteiger partial charge is 0.480 e. The Morgan fingerprint density at radius 1 is 1.20 bits per heavy atom. The van der Waals surface area contributed by atoms with Gasteiger partial charge in [0.25, 0.3) is 5.91 Å². The van der Waals surface area contributed by atoms with E-state index in [0.717, 1.165) is 0 Å². The molecule has 8 heteroatoms. The van der Waals surface area contributed by atoms with Crippen LogP contribution < -0.4 is 0 Å². The Kier molecular flexibility index (Phi) is 4.80. The Hall–Kier alpha value is -1.37. The number of aromatic nitrogens is 1. The van der Waals surface area contributed by atoms with E-state index >= 15 is 0 Å². The SMILES string of the molecule is O=C(O)CN1CCN(C(=O)c2nc(Cl)ccc2Cl)CC1. The molecule has 1 aliphatic heterocycles. The molecule has 0 aliphatic carbocycles. The van der Waals surface area contributed by atoms with Crippen molar-refractivity contribution in [2.75, 3.05) is 32.7 Å². The summed E-state index contributed by atoms with van der Waals surface area (Å²) in [7, 11) is 0. The predicted octanol–water partition coefficient (Wildman–Crippen LogP) is 1.23. The van der Waals surface area contributed by atoms with Gasteiger partial charge in [0, 0.05) is 26.2 Å². The Morgan fingerprint density at radius 3 is 2.45 bits per heavy atom. The van der Waals surface area contributed by atoms with Gasteiger partial charge in [-0.25, -0.2) is 4.98 Å². The summed E-state index contributed by atoms with van der Waals surface area (Å²) in [6.07, 6.45) is 0. The first-order valence-electron chi connectivity index (χ1n) is 6.03. The fourth-order valence-electron chi connectivity index (χ4n) is 2.02. The van der Waals surface area contributed by atoms with Crippen LogP contribution >= 0.6 is 23.2 Å². The molecule has 0 bridgehead atoms. The molecule has 0 aromatic carbocycles. The molecule has 0 radical (unpaired) electrons. The molecule has 1 aromatic heterocycles. The van der Waals surface area contributed by atoms with E-state index < -0.39 is 5.97 Å². The average molecular weight is 318 g/mol. The quantitative estimate of drug-likeness (QED) is 0.849. The standard InChI is InChI=1S/C12H13Cl2N3O3/c13-8-1-2-9(14)15-11(8)12(20)17-5-3-16(4-6-17)7-10(18)19/h1-2H,3-7H2,(H,18,19). The van der Waals surface area contributed by atoms with E-state index in [-0.39, 0.29) is 28.3 Å². The van der Waals surface area contributed by atoms with Gasteiger partial charge in [-0.2, -0.15) is 0 Å². The molecule has 6 nitrogen and oxygen atoms in total. The zero-order chi connectivity index (χ0) is 14.7. The van der Waals surface area contributed by atoms with Crippen LogP contribution in [-0.2, 0) is 4.79 Å². The normalized spacial score (nSPS) is 16.2. The maximum atomic E-state index is 12.3. The van der Waals surface area contributed by atoms with Gasteiger partial charge in [0.2, 0.25) is 0 Å². The lowest BCUT2D eigenvalue weighted by molar-refractivity contribution is -0.138. The van der Waals surface area contributed by atoms with Crippen LogP contribution in [0.2, 0.25) is 10.2 Å². The van der Waals surface area contributed by atoms with Gasteiger partial charge in [-0.3, -0.25) is 14.5 Å². The van der Waals surface area contributed by atoms with E-state index in [1.165, 1.54) is 12.1 Å². The second kappa shape index (κ2) is 6.39. The smallest absolute Gasteiger partial charge is 0.317 e. The Morgan fingerprint density at radius 2 is 1.85 bits per heavy atom. The topological polar surface area (TPSA) is 73.7 Å². The summed E-state index contributed by atoms with van der Waals surface area (Å²) >= 11 is 11.7. The van der Waals surface area contributed by atoms with Gasteiger partial charge in [-0.15, -0.1) is 0 Å². The lowest BCUT2D eigenvalue weighted by Crippen LogP contribution is -2.50. The number of carbonyl (C=O) groups excluding carboxylic acids is 1. The third-order valence-corrected chi connectivity index (χ3v) is 3.55. The summed E-state index contributed by atoms with van der Waals surface area (Å²) < 4.78 is 0. The highest BCUT2D eigenvalue weighted by atomic mass is 35.5. The van der Waals surface area contributed by atoms with E-state index in [4.69, 9.17) is 28.3 Å². The number of pyridine rings is 1.